The highest BCUT2D eigenvalue weighted by molar-refractivity contribution is 6.63. The van der Waals surface area contributed by atoms with Gasteiger partial charge >= 0.3 is 23.9 Å². The minimum Gasteiger partial charge on any atom is -0.466 e. The summed E-state index contributed by atoms with van der Waals surface area (Å²) in [5.74, 6) is -2.30. The van der Waals surface area contributed by atoms with Gasteiger partial charge in [-0.25, -0.2) is 9.59 Å². The van der Waals surface area contributed by atoms with Crippen molar-refractivity contribution in [2.24, 2.45) is 0 Å². The minimum atomic E-state index is -0.590. The van der Waals surface area contributed by atoms with Crippen molar-refractivity contribution in [2.45, 2.75) is 39.5 Å². The molecule has 0 fully saturated rings. The number of nitrogens with two attached hydrogens (primary N) is 1. The molecule has 0 aliphatic carbocycles. The number of hydrogen-bond acceptors (Lipinski definition) is 11. The summed E-state index contributed by atoms with van der Waals surface area (Å²) in [4.78, 5) is 66.2. The van der Waals surface area contributed by atoms with Gasteiger partial charge in [0.1, 0.15) is 0 Å². The third-order valence-electron chi connectivity index (χ3n) is 4.77. The molecule has 3 N–H and O–H groups in total. The molecule has 0 spiro atoms. The van der Waals surface area contributed by atoms with Crippen LogP contribution in [0.5, 0.6) is 0 Å². The Balaban J connectivity index is 0.000000678. The molecule has 15 heteroatoms. The number of halogens is 3. The summed E-state index contributed by atoms with van der Waals surface area (Å²) in [5.41, 5.74) is 6.60. The first kappa shape index (κ1) is 39.1. The molecule has 0 aromatic heterocycles. The molecule has 0 radical (unpaired) electrons. The monoisotopic (exact) mass is 662 g/mol. The molecular weight excluding hydrogens is 631 g/mol. The lowest BCUT2D eigenvalue weighted by atomic mass is 10.1. The van der Waals surface area contributed by atoms with Crippen molar-refractivity contribution in [1.29, 1.82) is 0 Å². The summed E-state index contributed by atoms with van der Waals surface area (Å²) in [6.45, 7) is 4.00. The maximum atomic E-state index is 11.8. The van der Waals surface area contributed by atoms with Crippen LogP contribution >= 0.6 is 34.8 Å². The zero-order valence-corrected chi connectivity index (χ0v) is 26.3. The summed E-state index contributed by atoms with van der Waals surface area (Å²) >= 11 is 16.4. The van der Waals surface area contributed by atoms with Crippen molar-refractivity contribution in [3.05, 3.63) is 57.6 Å². The molecule has 236 valence electrons. The smallest absolute Gasteiger partial charge is 0.339 e. The molecule has 12 nitrogen and oxygen atoms in total. The number of nitrogens with one attached hydrogen (secondary N) is 1. The van der Waals surface area contributed by atoms with E-state index in [0.29, 0.717) is 27.9 Å². The lowest BCUT2D eigenvalue weighted by Gasteiger charge is -2.10. The second-order valence-electron chi connectivity index (χ2n) is 7.92. The van der Waals surface area contributed by atoms with Crippen LogP contribution in [0.25, 0.3) is 0 Å². The SMILES string of the molecule is CCOC(=O)CCC(=O)Cl.CCOC(=O)CCC(=O)Nc1cc(Cl)ccc1C(=O)OC.COC(=O)c1ccc(Cl)cc1N. The fourth-order valence-corrected chi connectivity index (χ4v) is 3.28. The van der Waals surface area contributed by atoms with E-state index in [-0.39, 0.29) is 49.5 Å². The molecular formula is C28H33Cl3N2O10. The summed E-state index contributed by atoms with van der Waals surface area (Å²) in [6.07, 6.45) is 0.0519. The van der Waals surface area contributed by atoms with Gasteiger partial charge in [0, 0.05) is 28.6 Å². The molecule has 0 heterocycles. The third kappa shape index (κ3) is 17.0. The van der Waals surface area contributed by atoms with Crippen LogP contribution in [0.3, 0.4) is 0 Å². The van der Waals surface area contributed by atoms with Crippen molar-refractivity contribution in [3.63, 3.8) is 0 Å². The quantitative estimate of drug-likeness (QED) is 0.140. The van der Waals surface area contributed by atoms with Gasteiger partial charge in [-0.3, -0.25) is 19.2 Å². The zero-order chi connectivity index (χ0) is 32.9. The second kappa shape index (κ2) is 21.8. The average Bonchev–Trinajstić information content (AvgIpc) is 2.95. The Hall–Kier alpha value is -3.87. The van der Waals surface area contributed by atoms with Crippen LogP contribution in [-0.2, 0) is 38.1 Å². The van der Waals surface area contributed by atoms with Crippen molar-refractivity contribution in [3.8, 4) is 0 Å². The van der Waals surface area contributed by atoms with Crippen LogP contribution in [0.1, 0.15) is 60.2 Å². The lowest BCUT2D eigenvalue weighted by Crippen LogP contribution is -2.17. The maximum Gasteiger partial charge on any atom is 0.339 e. The highest BCUT2D eigenvalue weighted by atomic mass is 35.5. The van der Waals surface area contributed by atoms with Gasteiger partial charge in [0.15, 0.2) is 0 Å². The predicted molar refractivity (Wildman–Crippen MR) is 161 cm³/mol. The van der Waals surface area contributed by atoms with Gasteiger partial charge in [0.2, 0.25) is 11.1 Å². The van der Waals surface area contributed by atoms with E-state index in [9.17, 15) is 28.8 Å². The zero-order valence-electron chi connectivity index (χ0n) is 24.0. The number of esters is 4. The van der Waals surface area contributed by atoms with Crippen LogP contribution in [0.15, 0.2) is 36.4 Å². The van der Waals surface area contributed by atoms with Gasteiger partial charge < -0.3 is 30.0 Å². The minimum absolute atomic E-state index is 0.0339. The topological polar surface area (TPSA) is 177 Å². The number of anilines is 2. The van der Waals surface area contributed by atoms with Gasteiger partial charge in [-0.2, -0.15) is 0 Å². The number of carbonyl (C=O) groups is 6. The van der Waals surface area contributed by atoms with Crippen LogP contribution < -0.4 is 11.1 Å². The lowest BCUT2D eigenvalue weighted by molar-refractivity contribution is -0.144. The van der Waals surface area contributed by atoms with E-state index in [1.807, 2.05) is 0 Å². The van der Waals surface area contributed by atoms with Crippen molar-refractivity contribution >= 4 is 81.2 Å². The molecule has 2 rings (SSSR count). The van der Waals surface area contributed by atoms with Gasteiger partial charge in [-0.05, 0) is 61.8 Å². The Morgan fingerprint density at radius 2 is 1.19 bits per heavy atom. The summed E-state index contributed by atoms with van der Waals surface area (Å²) in [7, 11) is 2.54. The van der Waals surface area contributed by atoms with E-state index in [2.05, 4.69) is 19.5 Å². The van der Waals surface area contributed by atoms with Crippen LogP contribution in [-0.4, -0.2) is 62.5 Å². The Bertz CT molecular complexity index is 1270. The molecule has 0 unspecified atom stereocenters. The molecule has 1 amide bonds. The molecule has 0 aliphatic rings. The Labute approximate surface area is 264 Å². The normalized spacial score (nSPS) is 9.56. The van der Waals surface area contributed by atoms with Crippen molar-refractivity contribution in [1.82, 2.24) is 0 Å². The molecule has 0 atom stereocenters. The van der Waals surface area contributed by atoms with E-state index in [0.717, 1.165) is 0 Å². The Morgan fingerprint density at radius 1 is 0.721 bits per heavy atom. The van der Waals surface area contributed by atoms with Crippen LogP contribution in [0.4, 0.5) is 11.4 Å². The number of amides is 1. The van der Waals surface area contributed by atoms with Gasteiger partial charge in [-0.15, -0.1) is 0 Å². The van der Waals surface area contributed by atoms with Crippen molar-refractivity contribution < 1.29 is 47.7 Å². The van der Waals surface area contributed by atoms with E-state index in [1.165, 1.54) is 44.6 Å². The molecule has 2 aromatic rings. The highest BCUT2D eigenvalue weighted by Crippen LogP contribution is 2.22. The number of benzene rings is 2. The van der Waals surface area contributed by atoms with Gasteiger partial charge in [-0.1, -0.05) is 23.2 Å². The number of hydrogen-bond donors (Lipinski definition) is 2. The molecule has 2 aromatic carbocycles. The number of carbonyl (C=O) groups excluding carboxylic acids is 6. The first-order chi connectivity index (χ1) is 20.3. The largest absolute Gasteiger partial charge is 0.466 e. The molecule has 0 bridgehead atoms. The van der Waals surface area contributed by atoms with Gasteiger partial charge in [0.25, 0.3) is 0 Å². The number of methoxy groups -OCH3 is 2. The molecule has 43 heavy (non-hydrogen) atoms. The van der Waals surface area contributed by atoms with E-state index >= 15 is 0 Å². The Morgan fingerprint density at radius 3 is 1.65 bits per heavy atom. The van der Waals surface area contributed by atoms with E-state index in [4.69, 9.17) is 45.3 Å². The summed E-state index contributed by atoms with van der Waals surface area (Å²) in [6, 6.07) is 9.04. The maximum absolute atomic E-state index is 11.8. The molecule has 0 aliphatic heterocycles. The second-order valence-corrected chi connectivity index (χ2v) is 9.21. The van der Waals surface area contributed by atoms with Crippen LogP contribution in [0.2, 0.25) is 10.0 Å². The predicted octanol–water partition coefficient (Wildman–Crippen LogP) is 5.21. The summed E-state index contributed by atoms with van der Waals surface area (Å²) in [5, 5.41) is 2.89. The number of rotatable bonds is 11. The fourth-order valence-electron chi connectivity index (χ4n) is 2.83. The third-order valence-corrected chi connectivity index (χ3v) is 5.43. The number of nitrogen functional groups attached to an aromatic ring is 1. The molecule has 0 saturated heterocycles. The average molecular weight is 664 g/mol. The highest BCUT2D eigenvalue weighted by Gasteiger charge is 2.15. The van der Waals surface area contributed by atoms with E-state index < -0.39 is 29.1 Å². The van der Waals surface area contributed by atoms with Crippen LogP contribution in [0, 0.1) is 0 Å². The standard InChI is InChI=1S/C14H16ClNO5.C8H8ClNO2.C6H9ClO3/c1-3-21-13(18)7-6-12(17)16-11-8-9(15)4-5-10(11)14(19)20-2;1-12-8(11)6-3-2-5(9)4-7(6)10;1-2-10-6(9)4-3-5(7)8/h4-5,8H,3,6-7H2,1-2H3,(H,16,17);2-4H,10H2,1H3;2-4H2,1H3. The van der Waals surface area contributed by atoms with Gasteiger partial charge in [0.05, 0.1) is 57.1 Å². The Kier molecular flexibility index (Phi) is 19.8. The van der Waals surface area contributed by atoms with E-state index in [1.54, 1.807) is 19.9 Å². The first-order valence-corrected chi connectivity index (χ1v) is 13.7. The van der Waals surface area contributed by atoms with Crippen molar-refractivity contribution in [2.75, 3.05) is 38.5 Å². The summed E-state index contributed by atoms with van der Waals surface area (Å²) < 4.78 is 18.4. The molecule has 0 saturated carbocycles. The number of ether oxygens (including phenoxy) is 4. The first-order valence-electron chi connectivity index (χ1n) is 12.6. The fraction of sp³-hybridized carbons (Fsp3) is 0.357.